The number of aliphatic imine (C=N–C) groups is 1. The largest absolute Gasteiger partial charge is 0.305 e. The molecule has 0 rings (SSSR count). The summed E-state index contributed by atoms with van der Waals surface area (Å²) in [4.78, 5) is 3.54. The summed E-state index contributed by atoms with van der Waals surface area (Å²) < 4.78 is 0. The van der Waals surface area contributed by atoms with Gasteiger partial charge in [-0.25, -0.2) is 4.99 Å². The number of nitrogens with zero attached hydrogens (tertiary/aromatic N) is 1. The first-order valence-electron chi connectivity index (χ1n) is 3.02. The van der Waals surface area contributed by atoms with Crippen LogP contribution in [0.25, 0.3) is 0 Å². The maximum Gasteiger partial charge on any atom is 0.106 e. The molecule has 0 aliphatic rings. The molecule has 0 aliphatic carbocycles. The van der Waals surface area contributed by atoms with Crippen LogP contribution in [0.15, 0.2) is 17.1 Å². The SMILES string of the molecule is C/C=C\C(=N)CC=NC=N. The predicted molar refractivity (Wildman–Crippen MR) is 44.4 cm³/mol. The van der Waals surface area contributed by atoms with Gasteiger partial charge in [0.25, 0.3) is 0 Å². The highest BCUT2D eigenvalue weighted by Gasteiger charge is 1.83. The van der Waals surface area contributed by atoms with E-state index in [9.17, 15) is 0 Å². The Labute approximate surface area is 60.5 Å². The summed E-state index contributed by atoms with van der Waals surface area (Å²) in [5.74, 6) is 0. The monoisotopic (exact) mass is 137 g/mol. The Balaban J connectivity index is 3.58. The predicted octanol–water partition coefficient (Wildman–Crippen LogP) is 1.65. The zero-order valence-corrected chi connectivity index (χ0v) is 5.96. The Hall–Kier alpha value is -1.25. The van der Waals surface area contributed by atoms with Gasteiger partial charge >= 0.3 is 0 Å². The van der Waals surface area contributed by atoms with E-state index in [1.165, 1.54) is 6.21 Å². The summed E-state index contributed by atoms with van der Waals surface area (Å²) in [6.07, 6.45) is 6.51. The third-order valence-electron chi connectivity index (χ3n) is 0.859. The lowest BCUT2D eigenvalue weighted by Crippen LogP contribution is -1.90. The molecule has 0 aromatic carbocycles. The summed E-state index contributed by atoms with van der Waals surface area (Å²) in [6, 6.07) is 0. The highest BCUT2D eigenvalue weighted by atomic mass is 14.7. The van der Waals surface area contributed by atoms with E-state index in [2.05, 4.69) is 4.99 Å². The molecule has 0 saturated carbocycles. The fourth-order valence-electron chi connectivity index (χ4n) is 0.473. The number of nitrogens with one attached hydrogen (secondary N) is 2. The fraction of sp³-hybridized carbons (Fsp3) is 0.286. The van der Waals surface area contributed by atoms with E-state index in [0.717, 1.165) is 6.34 Å². The van der Waals surface area contributed by atoms with E-state index in [4.69, 9.17) is 10.8 Å². The van der Waals surface area contributed by atoms with E-state index in [-0.39, 0.29) is 0 Å². The third-order valence-corrected chi connectivity index (χ3v) is 0.859. The lowest BCUT2D eigenvalue weighted by molar-refractivity contribution is 1.43. The molecule has 0 fully saturated rings. The molecule has 0 spiro atoms. The molecule has 10 heavy (non-hydrogen) atoms. The minimum Gasteiger partial charge on any atom is -0.305 e. The van der Waals surface area contributed by atoms with E-state index < -0.39 is 0 Å². The summed E-state index contributed by atoms with van der Waals surface area (Å²) in [5, 5.41) is 13.8. The Morgan fingerprint density at radius 1 is 1.60 bits per heavy atom. The zero-order chi connectivity index (χ0) is 7.82. The van der Waals surface area contributed by atoms with Crippen molar-refractivity contribution in [1.82, 2.24) is 0 Å². The molecule has 0 atom stereocenters. The molecule has 0 saturated heterocycles. The van der Waals surface area contributed by atoms with Crippen LogP contribution in [0.1, 0.15) is 13.3 Å². The molecule has 54 valence electrons. The lowest BCUT2D eigenvalue weighted by atomic mass is 10.3. The molecule has 0 heterocycles. The van der Waals surface area contributed by atoms with Crippen LogP contribution in [-0.4, -0.2) is 18.3 Å². The quantitative estimate of drug-likeness (QED) is 0.437. The van der Waals surface area contributed by atoms with Gasteiger partial charge in [0.15, 0.2) is 0 Å². The second-order valence-corrected chi connectivity index (χ2v) is 1.69. The van der Waals surface area contributed by atoms with Gasteiger partial charge in [0, 0.05) is 18.3 Å². The second-order valence-electron chi connectivity index (χ2n) is 1.69. The smallest absolute Gasteiger partial charge is 0.106 e. The Morgan fingerprint density at radius 3 is 2.80 bits per heavy atom. The van der Waals surface area contributed by atoms with Gasteiger partial charge in [-0.15, -0.1) is 0 Å². The van der Waals surface area contributed by atoms with Crippen LogP contribution in [-0.2, 0) is 0 Å². The third kappa shape index (κ3) is 4.90. The molecule has 0 aliphatic heterocycles. The second kappa shape index (κ2) is 5.88. The summed E-state index contributed by atoms with van der Waals surface area (Å²) in [6.45, 7) is 1.86. The molecule has 0 bridgehead atoms. The minimum absolute atomic E-state index is 0.500. The summed E-state index contributed by atoms with van der Waals surface area (Å²) >= 11 is 0. The van der Waals surface area contributed by atoms with Gasteiger partial charge in [-0.2, -0.15) is 0 Å². The topological polar surface area (TPSA) is 60.1 Å². The van der Waals surface area contributed by atoms with Gasteiger partial charge in [-0.05, 0) is 13.0 Å². The fourth-order valence-corrected chi connectivity index (χ4v) is 0.473. The molecule has 0 aromatic rings. The standard InChI is InChI=1S/C7H11N3/c1-2-3-7(9)4-5-10-6-8/h2-3,5-6,8-9H,4H2,1H3/b3-2-,8-6?,9-7?,10-5?. The van der Waals surface area contributed by atoms with Gasteiger partial charge in [0.05, 0.1) is 0 Å². The van der Waals surface area contributed by atoms with Gasteiger partial charge in [-0.3, -0.25) is 5.41 Å². The molecular formula is C7H11N3. The Bertz CT molecular complexity index is 168. The van der Waals surface area contributed by atoms with Crippen LogP contribution < -0.4 is 0 Å². The summed E-state index contributed by atoms with van der Waals surface area (Å²) in [7, 11) is 0. The average molecular weight is 137 g/mol. The van der Waals surface area contributed by atoms with Gasteiger partial charge < -0.3 is 5.41 Å². The average Bonchev–Trinajstić information content (AvgIpc) is 1.89. The first kappa shape index (κ1) is 8.75. The van der Waals surface area contributed by atoms with Crippen molar-refractivity contribution in [2.45, 2.75) is 13.3 Å². The van der Waals surface area contributed by atoms with Crippen molar-refractivity contribution >= 4 is 18.3 Å². The first-order valence-corrected chi connectivity index (χ1v) is 3.02. The Morgan fingerprint density at radius 2 is 2.30 bits per heavy atom. The Kier molecular flexibility index (Phi) is 5.14. The van der Waals surface area contributed by atoms with Crippen molar-refractivity contribution in [1.29, 1.82) is 10.8 Å². The van der Waals surface area contributed by atoms with Crippen LogP contribution in [0.5, 0.6) is 0 Å². The molecule has 3 heteroatoms. The van der Waals surface area contributed by atoms with Crippen LogP contribution in [0, 0.1) is 10.8 Å². The van der Waals surface area contributed by atoms with E-state index in [1.807, 2.05) is 6.92 Å². The number of allylic oxidation sites excluding steroid dienone is 2. The van der Waals surface area contributed by atoms with E-state index in [1.54, 1.807) is 12.2 Å². The van der Waals surface area contributed by atoms with Crippen molar-refractivity contribution in [3.63, 3.8) is 0 Å². The zero-order valence-electron chi connectivity index (χ0n) is 5.96. The first-order chi connectivity index (χ1) is 4.81. The molecule has 0 unspecified atom stereocenters. The van der Waals surface area contributed by atoms with Crippen molar-refractivity contribution in [3.05, 3.63) is 12.2 Å². The van der Waals surface area contributed by atoms with Crippen LogP contribution >= 0.6 is 0 Å². The summed E-state index contributed by atoms with van der Waals surface area (Å²) in [5.41, 5.74) is 0.508. The van der Waals surface area contributed by atoms with Gasteiger partial charge in [0.1, 0.15) is 6.34 Å². The molecule has 2 N–H and O–H groups in total. The normalized spacial score (nSPS) is 10.9. The highest BCUT2D eigenvalue weighted by Crippen LogP contribution is 1.82. The van der Waals surface area contributed by atoms with Crippen LogP contribution in [0.2, 0.25) is 0 Å². The number of rotatable bonds is 4. The van der Waals surface area contributed by atoms with Crippen molar-refractivity contribution < 1.29 is 0 Å². The van der Waals surface area contributed by atoms with Crippen LogP contribution in [0.3, 0.4) is 0 Å². The maximum atomic E-state index is 7.21. The highest BCUT2D eigenvalue weighted by molar-refractivity contribution is 6.01. The molecule has 0 aromatic heterocycles. The number of hydrogen-bond acceptors (Lipinski definition) is 2. The van der Waals surface area contributed by atoms with Crippen molar-refractivity contribution in [2.24, 2.45) is 4.99 Å². The molecule has 0 amide bonds. The van der Waals surface area contributed by atoms with Gasteiger partial charge in [0.2, 0.25) is 0 Å². The minimum atomic E-state index is 0.500. The van der Waals surface area contributed by atoms with Crippen molar-refractivity contribution in [3.8, 4) is 0 Å². The van der Waals surface area contributed by atoms with Gasteiger partial charge in [-0.1, -0.05) is 6.08 Å². The lowest BCUT2D eigenvalue weighted by Gasteiger charge is -1.86. The molecule has 3 nitrogen and oxygen atoms in total. The maximum absolute atomic E-state index is 7.21. The van der Waals surface area contributed by atoms with Crippen LogP contribution in [0.4, 0.5) is 0 Å². The van der Waals surface area contributed by atoms with E-state index in [0.29, 0.717) is 12.1 Å². The van der Waals surface area contributed by atoms with E-state index >= 15 is 0 Å². The molecule has 0 radical (unpaired) electrons. The van der Waals surface area contributed by atoms with Crippen molar-refractivity contribution in [2.75, 3.05) is 0 Å². The number of hydrogen-bond donors (Lipinski definition) is 2. The molecular weight excluding hydrogens is 126 g/mol.